The summed E-state index contributed by atoms with van der Waals surface area (Å²) in [5.74, 6) is -1.41. The first-order valence-corrected chi connectivity index (χ1v) is 6.59. The predicted molar refractivity (Wildman–Crippen MR) is 73.1 cm³/mol. The van der Waals surface area contributed by atoms with E-state index in [1.54, 1.807) is 30.3 Å². The van der Waals surface area contributed by atoms with Crippen LogP contribution in [0, 0.1) is 0 Å². The fourth-order valence-electron chi connectivity index (χ4n) is 1.26. The van der Waals surface area contributed by atoms with Gasteiger partial charge in [0, 0.05) is 5.56 Å². The second-order valence-corrected chi connectivity index (χ2v) is 5.32. The number of thioether (sulfide) groups is 1. The van der Waals surface area contributed by atoms with Crippen molar-refractivity contribution in [3.8, 4) is 0 Å². The number of carbonyl (C=O) groups excluding carboxylic acids is 2. The van der Waals surface area contributed by atoms with Gasteiger partial charge in [0.15, 0.2) is 0 Å². The molecule has 1 rings (SSSR count). The SMILES string of the molecule is CC(SC(=O)[C@@H](C)NC(=O)c1ccccc1)C(=O)O. The van der Waals surface area contributed by atoms with Gasteiger partial charge in [-0.3, -0.25) is 14.4 Å². The van der Waals surface area contributed by atoms with Crippen LogP contribution in [0.4, 0.5) is 0 Å². The molecule has 6 heteroatoms. The highest BCUT2D eigenvalue weighted by molar-refractivity contribution is 8.14. The molecule has 0 aliphatic carbocycles. The molecule has 0 aliphatic rings. The molecule has 0 spiro atoms. The number of rotatable bonds is 5. The Morgan fingerprint density at radius 3 is 2.26 bits per heavy atom. The first-order chi connectivity index (χ1) is 8.91. The van der Waals surface area contributed by atoms with Gasteiger partial charge in [0.2, 0.25) is 5.12 Å². The molecular formula is C13H15NO4S. The summed E-state index contributed by atoms with van der Waals surface area (Å²) in [5.41, 5.74) is 0.457. The van der Waals surface area contributed by atoms with Gasteiger partial charge < -0.3 is 10.4 Å². The van der Waals surface area contributed by atoms with Crippen molar-refractivity contribution in [3.63, 3.8) is 0 Å². The normalized spacial score (nSPS) is 13.4. The molecular weight excluding hydrogens is 266 g/mol. The van der Waals surface area contributed by atoms with Crippen LogP contribution in [-0.2, 0) is 9.59 Å². The van der Waals surface area contributed by atoms with Crippen molar-refractivity contribution < 1.29 is 19.5 Å². The number of hydrogen-bond acceptors (Lipinski definition) is 4. The highest BCUT2D eigenvalue weighted by atomic mass is 32.2. The van der Waals surface area contributed by atoms with Crippen LogP contribution in [0.1, 0.15) is 24.2 Å². The zero-order valence-electron chi connectivity index (χ0n) is 10.6. The molecule has 1 aromatic carbocycles. The monoisotopic (exact) mass is 281 g/mol. The van der Waals surface area contributed by atoms with Crippen LogP contribution in [0.5, 0.6) is 0 Å². The Morgan fingerprint density at radius 1 is 1.16 bits per heavy atom. The first-order valence-electron chi connectivity index (χ1n) is 5.71. The lowest BCUT2D eigenvalue weighted by molar-refractivity contribution is -0.136. The standard InChI is InChI=1S/C13H15NO4S/c1-8(13(18)19-9(2)12(16)17)14-11(15)10-6-4-3-5-7-10/h3-9H,1-2H3,(H,14,15)(H,16,17)/t8-,9?/m1/s1. The summed E-state index contributed by atoms with van der Waals surface area (Å²) in [7, 11) is 0. The number of aliphatic carboxylic acids is 1. The predicted octanol–water partition coefficient (Wildman–Crippen LogP) is 1.54. The lowest BCUT2D eigenvalue weighted by atomic mass is 10.2. The van der Waals surface area contributed by atoms with Gasteiger partial charge in [0.05, 0.1) is 6.04 Å². The minimum absolute atomic E-state index is 0.356. The van der Waals surface area contributed by atoms with E-state index in [9.17, 15) is 14.4 Å². The summed E-state index contributed by atoms with van der Waals surface area (Å²) in [5, 5.41) is 10.0. The van der Waals surface area contributed by atoms with Gasteiger partial charge in [-0.25, -0.2) is 0 Å². The third kappa shape index (κ3) is 4.75. The quantitative estimate of drug-likeness (QED) is 0.855. The first kappa shape index (κ1) is 15.2. The molecule has 5 nitrogen and oxygen atoms in total. The average molecular weight is 281 g/mol. The van der Waals surface area contributed by atoms with E-state index in [0.29, 0.717) is 17.3 Å². The van der Waals surface area contributed by atoms with Gasteiger partial charge in [0.25, 0.3) is 5.91 Å². The third-order valence-electron chi connectivity index (χ3n) is 2.38. The highest BCUT2D eigenvalue weighted by Crippen LogP contribution is 2.14. The molecule has 0 radical (unpaired) electrons. The maximum absolute atomic E-state index is 11.8. The fourth-order valence-corrected chi connectivity index (χ4v) is 1.97. The number of nitrogens with one attached hydrogen (secondary N) is 1. The van der Waals surface area contributed by atoms with E-state index < -0.39 is 17.3 Å². The van der Waals surface area contributed by atoms with E-state index in [1.807, 2.05) is 0 Å². The molecule has 1 aromatic rings. The maximum atomic E-state index is 11.8. The Morgan fingerprint density at radius 2 is 1.74 bits per heavy atom. The third-order valence-corrected chi connectivity index (χ3v) is 3.52. The number of carboxylic acid groups (broad SMARTS) is 1. The Kier molecular flexibility index (Phi) is 5.57. The minimum Gasteiger partial charge on any atom is -0.480 e. The lowest BCUT2D eigenvalue weighted by Crippen LogP contribution is -2.38. The van der Waals surface area contributed by atoms with E-state index in [-0.39, 0.29) is 11.0 Å². The van der Waals surface area contributed by atoms with E-state index in [1.165, 1.54) is 13.8 Å². The zero-order chi connectivity index (χ0) is 14.4. The van der Waals surface area contributed by atoms with Crippen molar-refractivity contribution in [2.45, 2.75) is 25.1 Å². The van der Waals surface area contributed by atoms with Gasteiger partial charge in [-0.1, -0.05) is 30.0 Å². The van der Waals surface area contributed by atoms with Crippen LogP contribution < -0.4 is 5.32 Å². The molecule has 1 amide bonds. The van der Waals surface area contributed by atoms with Crippen LogP contribution in [-0.4, -0.2) is 33.4 Å². The largest absolute Gasteiger partial charge is 0.480 e. The molecule has 102 valence electrons. The van der Waals surface area contributed by atoms with Crippen LogP contribution in [0.25, 0.3) is 0 Å². The Bertz CT molecular complexity index is 475. The smallest absolute Gasteiger partial charge is 0.316 e. The van der Waals surface area contributed by atoms with Crippen LogP contribution >= 0.6 is 11.8 Å². The van der Waals surface area contributed by atoms with Crippen molar-refractivity contribution in [2.24, 2.45) is 0 Å². The molecule has 19 heavy (non-hydrogen) atoms. The highest BCUT2D eigenvalue weighted by Gasteiger charge is 2.22. The Hall–Kier alpha value is -1.82. The summed E-state index contributed by atoms with van der Waals surface area (Å²) < 4.78 is 0. The molecule has 0 saturated carbocycles. The summed E-state index contributed by atoms with van der Waals surface area (Å²) >= 11 is 0.700. The number of carbonyl (C=O) groups is 3. The van der Waals surface area contributed by atoms with Crippen molar-refractivity contribution in [1.29, 1.82) is 0 Å². The topological polar surface area (TPSA) is 83.5 Å². The Balaban J connectivity index is 2.55. The van der Waals surface area contributed by atoms with Gasteiger partial charge in [-0.2, -0.15) is 0 Å². The molecule has 0 heterocycles. The maximum Gasteiger partial charge on any atom is 0.316 e. The molecule has 1 unspecified atom stereocenters. The Labute approximate surface area is 115 Å². The van der Waals surface area contributed by atoms with Crippen LogP contribution in [0.3, 0.4) is 0 Å². The number of amides is 1. The van der Waals surface area contributed by atoms with Crippen LogP contribution in [0.15, 0.2) is 30.3 Å². The second-order valence-electron chi connectivity index (χ2n) is 3.98. The lowest BCUT2D eigenvalue weighted by Gasteiger charge is -2.13. The minimum atomic E-state index is -1.06. The molecule has 0 aliphatic heterocycles. The number of carboxylic acids is 1. The molecule has 0 aromatic heterocycles. The molecule has 0 fully saturated rings. The van der Waals surface area contributed by atoms with E-state index in [4.69, 9.17) is 5.11 Å². The molecule has 2 atom stereocenters. The van der Waals surface area contributed by atoms with E-state index in [0.717, 1.165) is 0 Å². The summed E-state index contributed by atoms with van der Waals surface area (Å²) in [4.78, 5) is 34.1. The van der Waals surface area contributed by atoms with Gasteiger partial charge in [0.1, 0.15) is 5.25 Å². The fraction of sp³-hybridized carbons (Fsp3) is 0.308. The van der Waals surface area contributed by atoms with Crippen molar-refractivity contribution in [1.82, 2.24) is 5.32 Å². The van der Waals surface area contributed by atoms with E-state index in [2.05, 4.69) is 5.32 Å². The molecule has 2 N–H and O–H groups in total. The van der Waals surface area contributed by atoms with Gasteiger partial charge >= 0.3 is 5.97 Å². The number of hydrogen-bond donors (Lipinski definition) is 2. The number of benzene rings is 1. The van der Waals surface area contributed by atoms with Crippen molar-refractivity contribution in [2.75, 3.05) is 0 Å². The molecule has 0 bridgehead atoms. The van der Waals surface area contributed by atoms with Crippen molar-refractivity contribution in [3.05, 3.63) is 35.9 Å². The molecule has 0 saturated heterocycles. The van der Waals surface area contributed by atoms with Crippen molar-refractivity contribution >= 4 is 28.8 Å². The summed E-state index contributed by atoms with van der Waals surface area (Å²) in [6.07, 6.45) is 0. The summed E-state index contributed by atoms with van der Waals surface area (Å²) in [6.45, 7) is 2.96. The average Bonchev–Trinajstić information content (AvgIpc) is 2.39. The van der Waals surface area contributed by atoms with Gasteiger partial charge in [-0.05, 0) is 26.0 Å². The zero-order valence-corrected chi connectivity index (χ0v) is 11.4. The van der Waals surface area contributed by atoms with E-state index >= 15 is 0 Å². The summed E-state index contributed by atoms with van der Waals surface area (Å²) in [6, 6.07) is 7.78. The van der Waals surface area contributed by atoms with Gasteiger partial charge in [-0.15, -0.1) is 0 Å². The second kappa shape index (κ2) is 6.94. The van der Waals surface area contributed by atoms with Crippen LogP contribution in [0.2, 0.25) is 0 Å².